The lowest BCUT2D eigenvalue weighted by Crippen LogP contribution is -2.57. The van der Waals surface area contributed by atoms with Crippen LogP contribution in [-0.4, -0.2) is 40.0 Å². The molecule has 0 aliphatic carbocycles. The van der Waals surface area contributed by atoms with E-state index in [2.05, 4.69) is 5.32 Å². The maximum Gasteiger partial charge on any atom is 0.262 e. The predicted molar refractivity (Wildman–Crippen MR) is 72.0 cm³/mol. The molecule has 0 saturated carbocycles. The number of piperidine rings is 1. The molecule has 3 rings (SSSR count). The van der Waals surface area contributed by atoms with Crippen molar-refractivity contribution in [2.75, 3.05) is 0 Å². The molecule has 1 saturated heterocycles. The molecule has 7 nitrogen and oxygen atoms in total. The summed E-state index contributed by atoms with van der Waals surface area (Å²) in [6.07, 6.45) is -0.829. The molecular weight excluding hydrogens is 274 g/mol. The van der Waals surface area contributed by atoms with Gasteiger partial charge in [0, 0.05) is 13.0 Å². The van der Waals surface area contributed by atoms with Gasteiger partial charge in [0.25, 0.3) is 11.8 Å². The molecule has 1 aromatic rings. The molecule has 0 aromatic heterocycles. The SMILES string of the molecule is NCc1cccc2c1C(=O)N(C1CCC(=O)NC1O)C2=O. The highest BCUT2D eigenvalue weighted by Crippen LogP contribution is 2.30. The van der Waals surface area contributed by atoms with Crippen LogP contribution in [0.4, 0.5) is 0 Å². The Balaban J connectivity index is 1.98. The number of benzene rings is 1. The summed E-state index contributed by atoms with van der Waals surface area (Å²) >= 11 is 0. The van der Waals surface area contributed by atoms with E-state index >= 15 is 0 Å². The molecule has 7 heteroatoms. The number of amides is 3. The van der Waals surface area contributed by atoms with E-state index in [0.29, 0.717) is 16.7 Å². The van der Waals surface area contributed by atoms with Crippen LogP contribution < -0.4 is 11.1 Å². The van der Waals surface area contributed by atoms with Gasteiger partial charge < -0.3 is 16.2 Å². The summed E-state index contributed by atoms with van der Waals surface area (Å²) in [5, 5.41) is 12.3. The van der Waals surface area contributed by atoms with E-state index in [1.165, 1.54) is 0 Å². The first kappa shape index (κ1) is 13.7. The number of aliphatic hydroxyl groups excluding tert-OH is 1. The summed E-state index contributed by atoms with van der Waals surface area (Å²) in [7, 11) is 0. The Morgan fingerprint density at radius 2 is 2.05 bits per heavy atom. The van der Waals surface area contributed by atoms with Crippen LogP contribution in [0, 0.1) is 0 Å². The number of nitrogens with one attached hydrogen (secondary N) is 1. The first-order valence-corrected chi connectivity index (χ1v) is 6.72. The second kappa shape index (κ2) is 4.94. The summed E-state index contributed by atoms with van der Waals surface area (Å²) in [5.74, 6) is -1.21. The number of rotatable bonds is 2. The number of imide groups is 1. The third kappa shape index (κ3) is 2.01. The molecule has 2 heterocycles. The van der Waals surface area contributed by atoms with E-state index in [0.717, 1.165) is 4.90 Å². The molecular formula is C14H15N3O4. The van der Waals surface area contributed by atoms with Crippen molar-refractivity contribution < 1.29 is 19.5 Å². The number of hydrogen-bond donors (Lipinski definition) is 3. The van der Waals surface area contributed by atoms with Crippen LogP contribution in [0.2, 0.25) is 0 Å². The summed E-state index contributed by atoms with van der Waals surface area (Å²) in [6.45, 7) is 0.153. The molecule has 2 aliphatic heterocycles. The van der Waals surface area contributed by atoms with E-state index in [4.69, 9.17) is 5.73 Å². The Hall–Kier alpha value is -2.25. The zero-order valence-electron chi connectivity index (χ0n) is 11.2. The fourth-order valence-corrected chi connectivity index (χ4v) is 2.89. The molecule has 21 heavy (non-hydrogen) atoms. The smallest absolute Gasteiger partial charge is 0.262 e. The van der Waals surface area contributed by atoms with Crippen LogP contribution >= 0.6 is 0 Å². The van der Waals surface area contributed by atoms with Crippen LogP contribution in [0.1, 0.15) is 39.1 Å². The van der Waals surface area contributed by atoms with E-state index in [1.807, 2.05) is 0 Å². The summed E-state index contributed by atoms with van der Waals surface area (Å²) in [6, 6.07) is 4.20. The highest BCUT2D eigenvalue weighted by molar-refractivity contribution is 6.22. The minimum absolute atomic E-state index is 0.153. The number of carbonyl (C=O) groups is 3. The Morgan fingerprint density at radius 3 is 2.71 bits per heavy atom. The van der Waals surface area contributed by atoms with Gasteiger partial charge in [-0.3, -0.25) is 19.3 Å². The van der Waals surface area contributed by atoms with E-state index < -0.39 is 24.1 Å². The Bertz CT molecular complexity index is 643. The molecule has 0 radical (unpaired) electrons. The van der Waals surface area contributed by atoms with Crippen LogP contribution in [0.25, 0.3) is 0 Å². The largest absolute Gasteiger partial charge is 0.372 e. The third-order valence-electron chi connectivity index (χ3n) is 3.92. The standard InChI is InChI=1S/C14H15N3O4/c15-6-7-2-1-3-8-11(7)14(21)17(13(8)20)9-4-5-10(18)16-12(9)19/h1-3,9,12,19H,4-6,15H2,(H,16,18). The number of nitrogens with two attached hydrogens (primary N) is 1. The van der Waals surface area contributed by atoms with Crippen molar-refractivity contribution in [2.24, 2.45) is 5.73 Å². The van der Waals surface area contributed by atoms with E-state index in [1.54, 1.807) is 18.2 Å². The van der Waals surface area contributed by atoms with Gasteiger partial charge in [-0.25, -0.2) is 0 Å². The van der Waals surface area contributed by atoms with Gasteiger partial charge in [0.15, 0.2) is 0 Å². The van der Waals surface area contributed by atoms with Gasteiger partial charge in [-0.05, 0) is 18.1 Å². The minimum atomic E-state index is -1.24. The van der Waals surface area contributed by atoms with Gasteiger partial charge in [-0.2, -0.15) is 0 Å². The van der Waals surface area contributed by atoms with Crippen molar-refractivity contribution in [3.63, 3.8) is 0 Å². The average molecular weight is 289 g/mol. The lowest BCUT2D eigenvalue weighted by Gasteiger charge is -2.33. The number of carbonyl (C=O) groups excluding carboxylic acids is 3. The maximum absolute atomic E-state index is 12.5. The highest BCUT2D eigenvalue weighted by Gasteiger charge is 2.45. The van der Waals surface area contributed by atoms with Crippen molar-refractivity contribution in [2.45, 2.75) is 31.7 Å². The molecule has 2 aliphatic rings. The van der Waals surface area contributed by atoms with Crippen LogP contribution in [-0.2, 0) is 11.3 Å². The molecule has 110 valence electrons. The van der Waals surface area contributed by atoms with Crippen LogP contribution in [0.3, 0.4) is 0 Å². The molecule has 3 amide bonds. The molecule has 4 N–H and O–H groups in total. The van der Waals surface area contributed by atoms with Crippen molar-refractivity contribution in [3.8, 4) is 0 Å². The van der Waals surface area contributed by atoms with Gasteiger partial charge in [0.1, 0.15) is 6.23 Å². The second-order valence-corrected chi connectivity index (χ2v) is 5.14. The minimum Gasteiger partial charge on any atom is -0.372 e. The summed E-state index contributed by atoms with van der Waals surface area (Å²) in [4.78, 5) is 37.3. The fraction of sp³-hybridized carbons (Fsp3) is 0.357. The topological polar surface area (TPSA) is 113 Å². The summed E-state index contributed by atoms with van der Waals surface area (Å²) < 4.78 is 0. The van der Waals surface area contributed by atoms with Crippen molar-refractivity contribution in [1.29, 1.82) is 0 Å². The first-order chi connectivity index (χ1) is 10.0. The van der Waals surface area contributed by atoms with Crippen molar-refractivity contribution in [3.05, 3.63) is 34.9 Å². The number of nitrogens with zero attached hydrogens (tertiary/aromatic N) is 1. The Labute approximate surface area is 120 Å². The van der Waals surface area contributed by atoms with E-state index in [-0.39, 0.29) is 25.3 Å². The Kier molecular flexibility index (Phi) is 3.23. The zero-order valence-corrected chi connectivity index (χ0v) is 11.2. The predicted octanol–water partition coefficient (Wildman–Crippen LogP) is -0.662. The highest BCUT2D eigenvalue weighted by atomic mass is 16.3. The molecule has 1 aromatic carbocycles. The van der Waals surface area contributed by atoms with Gasteiger partial charge in [-0.15, -0.1) is 0 Å². The number of fused-ring (bicyclic) bond motifs is 1. The maximum atomic E-state index is 12.5. The quantitative estimate of drug-likeness (QED) is 0.625. The fourth-order valence-electron chi connectivity index (χ4n) is 2.89. The lowest BCUT2D eigenvalue weighted by atomic mass is 10.0. The Morgan fingerprint density at radius 1 is 1.29 bits per heavy atom. The monoisotopic (exact) mass is 289 g/mol. The first-order valence-electron chi connectivity index (χ1n) is 6.72. The number of hydrogen-bond acceptors (Lipinski definition) is 5. The number of aliphatic hydroxyl groups is 1. The van der Waals surface area contributed by atoms with Crippen LogP contribution in [0.5, 0.6) is 0 Å². The van der Waals surface area contributed by atoms with Gasteiger partial charge >= 0.3 is 0 Å². The molecule has 0 bridgehead atoms. The van der Waals surface area contributed by atoms with Gasteiger partial charge in [-0.1, -0.05) is 12.1 Å². The third-order valence-corrected chi connectivity index (χ3v) is 3.92. The zero-order chi connectivity index (χ0) is 15.1. The lowest BCUT2D eigenvalue weighted by molar-refractivity contribution is -0.129. The molecule has 2 unspecified atom stereocenters. The summed E-state index contributed by atoms with van der Waals surface area (Å²) in [5.41, 5.74) is 6.81. The van der Waals surface area contributed by atoms with Crippen molar-refractivity contribution >= 4 is 17.7 Å². The van der Waals surface area contributed by atoms with Gasteiger partial charge in [0.2, 0.25) is 5.91 Å². The average Bonchev–Trinajstić information content (AvgIpc) is 2.72. The molecule has 1 fully saturated rings. The van der Waals surface area contributed by atoms with Crippen molar-refractivity contribution in [1.82, 2.24) is 10.2 Å². The van der Waals surface area contributed by atoms with E-state index in [9.17, 15) is 19.5 Å². The molecule has 0 spiro atoms. The second-order valence-electron chi connectivity index (χ2n) is 5.14. The molecule has 2 atom stereocenters. The van der Waals surface area contributed by atoms with Crippen LogP contribution in [0.15, 0.2) is 18.2 Å². The normalized spacial score (nSPS) is 25.0. The van der Waals surface area contributed by atoms with Gasteiger partial charge in [0.05, 0.1) is 17.2 Å².